The van der Waals surface area contributed by atoms with E-state index in [4.69, 9.17) is 5.73 Å². The zero-order valence-corrected chi connectivity index (χ0v) is 11.8. The van der Waals surface area contributed by atoms with E-state index in [9.17, 15) is 9.59 Å². The Morgan fingerprint density at radius 3 is 2.33 bits per heavy atom. The average molecular weight is 278 g/mol. The lowest BCUT2D eigenvalue weighted by Gasteiger charge is -2.36. The molecule has 0 atom stereocenters. The number of rotatable bonds is 5. The van der Waals surface area contributed by atoms with E-state index in [1.165, 1.54) is 6.92 Å². The van der Waals surface area contributed by atoms with Gasteiger partial charge in [0.2, 0.25) is 11.8 Å². The Morgan fingerprint density at radius 1 is 1.22 bits per heavy atom. The summed E-state index contributed by atoms with van der Waals surface area (Å²) >= 11 is 0. The number of halogens is 1. The van der Waals surface area contributed by atoms with Gasteiger partial charge in [0, 0.05) is 13.5 Å². The van der Waals surface area contributed by atoms with Gasteiger partial charge >= 0.3 is 0 Å². The summed E-state index contributed by atoms with van der Waals surface area (Å²) in [6.07, 6.45) is 5.36. The lowest BCUT2D eigenvalue weighted by Crippen LogP contribution is -2.59. The molecule has 0 unspecified atom stereocenters. The second-order valence-electron chi connectivity index (χ2n) is 4.72. The van der Waals surface area contributed by atoms with Gasteiger partial charge in [-0.05, 0) is 25.8 Å². The Bertz CT molecular complexity index is 278. The molecule has 1 aliphatic carbocycles. The molecule has 18 heavy (non-hydrogen) atoms. The molecular weight excluding hydrogens is 254 g/mol. The molecule has 106 valence electrons. The number of carbonyl (C=O) groups is 2. The average Bonchev–Trinajstić information content (AvgIpc) is 2.29. The Balaban J connectivity index is 0.00000289. The number of carbonyl (C=O) groups excluding carboxylic acids is 2. The number of nitrogens with two attached hydrogens (primary N) is 1. The third-order valence-corrected chi connectivity index (χ3v) is 3.22. The van der Waals surface area contributed by atoms with E-state index in [1.807, 2.05) is 0 Å². The van der Waals surface area contributed by atoms with Gasteiger partial charge in [-0.3, -0.25) is 9.59 Å². The summed E-state index contributed by atoms with van der Waals surface area (Å²) in [4.78, 5) is 23.4. The molecule has 1 saturated carbocycles. The maximum atomic E-state index is 12.2. The van der Waals surface area contributed by atoms with Crippen molar-refractivity contribution >= 4 is 24.2 Å². The van der Waals surface area contributed by atoms with E-state index in [-0.39, 0.29) is 24.2 Å². The highest BCUT2D eigenvalue weighted by atomic mass is 35.5. The van der Waals surface area contributed by atoms with Crippen molar-refractivity contribution in [1.29, 1.82) is 0 Å². The maximum Gasteiger partial charge on any atom is 0.245 e. The molecule has 0 saturated heterocycles. The summed E-state index contributed by atoms with van der Waals surface area (Å²) in [5.74, 6) is -0.193. The number of amides is 2. The summed E-state index contributed by atoms with van der Waals surface area (Å²) in [6, 6.07) is 0. The van der Waals surface area contributed by atoms with Gasteiger partial charge in [0.1, 0.15) is 5.54 Å². The molecule has 1 aliphatic rings. The Kier molecular flexibility index (Phi) is 7.95. The molecule has 0 aromatic carbocycles. The van der Waals surface area contributed by atoms with Crippen molar-refractivity contribution in [1.82, 2.24) is 10.6 Å². The molecular formula is C12H24ClN3O2. The minimum atomic E-state index is -0.682. The SMILES string of the molecule is CC(=O)NC1(C(=O)NCCCN)CCCCC1.Cl. The summed E-state index contributed by atoms with van der Waals surface area (Å²) in [5.41, 5.74) is 4.70. The number of hydrogen-bond acceptors (Lipinski definition) is 3. The zero-order valence-electron chi connectivity index (χ0n) is 11.0. The van der Waals surface area contributed by atoms with E-state index in [0.29, 0.717) is 13.1 Å². The van der Waals surface area contributed by atoms with Gasteiger partial charge in [0.05, 0.1) is 0 Å². The minimum absolute atomic E-state index is 0. The maximum absolute atomic E-state index is 12.2. The topological polar surface area (TPSA) is 84.2 Å². The molecule has 0 bridgehead atoms. The predicted molar refractivity (Wildman–Crippen MR) is 73.6 cm³/mol. The molecule has 5 nitrogen and oxygen atoms in total. The smallest absolute Gasteiger partial charge is 0.245 e. The second-order valence-corrected chi connectivity index (χ2v) is 4.72. The lowest BCUT2D eigenvalue weighted by atomic mass is 9.80. The van der Waals surface area contributed by atoms with Crippen LogP contribution < -0.4 is 16.4 Å². The van der Waals surface area contributed by atoms with Crippen LogP contribution in [0.25, 0.3) is 0 Å². The van der Waals surface area contributed by atoms with Crippen LogP contribution in [0.5, 0.6) is 0 Å². The number of nitrogens with one attached hydrogen (secondary N) is 2. The molecule has 0 aromatic heterocycles. The van der Waals surface area contributed by atoms with Crippen LogP contribution in [0.15, 0.2) is 0 Å². The van der Waals surface area contributed by atoms with Gasteiger partial charge < -0.3 is 16.4 Å². The van der Waals surface area contributed by atoms with Crippen LogP contribution in [-0.2, 0) is 9.59 Å². The van der Waals surface area contributed by atoms with Crippen LogP contribution in [0.2, 0.25) is 0 Å². The van der Waals surface area contributed by atoms with Gasteiger partial charge in [-0.25, -0.2) is 0 Å². The monoisotopic (exact) mass is 277 g/mol. The fraction of sp³-hybridized carbons (Fsp3) is 0.833. The third kappa shape index (κ3) is 4.82. The first-order chi connectivity index (χ1) is 8.10. The Hall–Kier alpha value is -0.810. The fourth-order valence-electron chi connectivity index (χ4n) is 2.37. The summed E-state index contributed by atoms with van der Waals surface area (Å²) < 4.78 is 0. The van der Waals surface area contributed by atoms with Crippen molar-refractivity contribution in [3.8, 4) is 0 Å². The predicted octanol–water partition coefficient (Wildman–Crippen LogP) is 0.712. The van der Waals surface area contributed by atoms with Crippen LogP contribution in [0.4, 0.5) is 0 Å². The molecule has 4 N–H and O–H groups in total. The van der Waals surface area contributed by atoms with E-state index >= 15 is 0 Å². The van der Waals surface area contributed by atoms with Crippen molar-refractivity contribution in [3.05, 3.63) is 0 Å². The zero-order chi connectivity index (χ0) is 12.7. The van der Waals surface area contributed by atoms with E-state index in [2.05, 4.69) is 10.6 Å². The van der Waals surface area contributed by atoms with Crippen LogP contribution in [0.3, 0.4) is 0 Å². The molecule has 0 heterocycles. The molecule has 6 heteroatoms. The minimum Gasteiger partial charge on any atom is -0.354 e. The Morgan fingerprint density at radius 2 is 1.83 bits per heavy atom. The van der Waals surface area contributed by atoms with E-state index in [0.717, 1.165) is 38.5 Å². The molecule has 1 fully saturated rings. The summed E-state index contributed by atoms with van der Waals surface area (Å²) in [6.45, 7) is 2.60. The van der Waals surface area contributed by atoms with Gasteiger partial charge in [0.25, 0.3) is 0 Å². The van der Waals surface area contributed by atoms with Crippen LogP contribution in [0, 0.1) is 0 Å². The van der Waals surface area contributed by atoms with Crippen molar-refractivity contribution < 1.29 is 9.59 Å². The van der Waals surface area contributed by atoms with Crippen molar-refractivity contribution in [3.63, 3.8) is 0 Å². The highest BCUT2D eigenvalue weighted by molar-refractivity contribution is 5.91. The number of hydrogen-bond donors (Lipinski definition) is 3. The Labute approximate surface area is 115 Å². The molecule has 0 radical (unpaired) electrons. The van der Waals surface area contributed by atoms with Crippen molar-refractivity contribution in [2.75, 3.05) is 13.1 Å². The second kappa shape index (κ2) is 8.32. The standard InChI is InChI=1S/C12H23N3O2.ClH/c1-10(16)15-12(6-3-2-4-7-12)11(17)14-9-5-8-13;/h2-9,13H2,1H3,(H,14,17)(H,15,16);1H. The van der Waals surface area contributed by atoms with Crippen LogP contribution >= 0.6 is 12.4 Å². The van der Waals surface area contributed by atoms with Crippen molar-refractivity contribution in [2.24, 2.45) is 5.73 Å². The van der Waals surface area contributed by atoms with E-state index in [1.54, 1.807) is 0 Å². The fourth-order valence-corrected chi connectivity index (χ4v) is 2.37. The van der Waals surface area contributed by atoms with Crippen LogP contribution in [0.1, 0.15) is 45.4 Å². The normalized spacial score (nSPS) is 17.4. The lowest BCUT2D eigenvalue weighted by molar-refractivity contribution is -0.134. The van der Waals surface area contributed by atoms with Gasteiger partial charge in [-0.15, -0.1) is 12.4 Å². The van der Waals surface area contributed by atoms with E-state index < -0.39 is 5.54 Å². The highest BCUT2D eigenvalue weighted by Gasteiger charge is 2.39. The van der Waals surface area contributed by atoms with Gasteiger partial charge in [-0.2, -0.15) is 0 Å². The quantitative estimate of drug-likeness (QED) is 0.647. The first-order valence-corrected chi connectivity index (χ1v) is 6.38. The molecule has 2 amide bonds. The molecule has 0 aromatic rings. The van der Waals surface area contributed by atoms with Gasteiger partial charge in [0.15, 0.2) is 0 Å². The molecule has 0 aliphatic heterocycles. The third-order valence-electron chi connectivity index (χ3n) is 3.22. The first-order valence-electron chi connectivity index (χ1n) is 6.38. The van der Waals surface area contributed by atoms with Crippen molar-refractivity contribution in [2.45, 2.75) is 51.0 Å². The largest absolute Gasteiger partial charge is 0.354 e. The highest BCUT2D eigenvalue weighted by Crippen LogP contribution is 2.28. The van der Waals surface area contributed by atoms with Gasteiger partial charge in [-0.1, -0.05) is 19.3 Å². The van der Waals surface area contributed by atoms with Crippen LogP contribution in [-0.4, -0.2) is 30.4 Å². The molecule has 1 rings (SSSR count). The first kappa shape index (κ1) is 17.2. The molecule has 0 spiro atoms. The summed E-state index contributed by atoms with van der Waals surface area (Å²) in [7, 11) is 0. The summed E-state index contributed by atoms with van der Waals surface area (Å²) in [5, 5.41) is 5.71.